The van der Waals surface area contributed by atoms with Crippen molar-refractivity contribution in [3.05, 3.63) is 35.9 Å². The molecule has 0 radical (unpaired) electrons. The number of rotatable bonds is 2. The van der Waals surface area contributed by atoms with E-state index >= 15 is 0 Å². The average molecular weight is 263 g/mol. The van der Waals surface area contributed by atoms with Gasteiger partial charge in [0.2, 0.25) is 0 Å². The molecule has 1 aromatic heterocycles. The summed E-state index contributed by atoms with van der Waals surface area (Å²) in [6, 6.07) is 6.11. The van der Waals surface area contributed by atoms with E-state index in [9.17, 15) is 0 Å². The second-order valence-electron chi connectivity index (χ2n) is 4.55. The van der Waals surface area contributed by atoms with Crippen LogP contribution in [-0.4, -0.2) is 27.9 Å². The van der Waals surface area contributed by atoms with Crippen LogP contribution in [0.15, 0.2) is 30.9 Å². The lowest BCUT2D eigenvalue weighted by Gasteiger charge is -2.29. The normalized spacial score (nSPS) is 15.9. The summed E-state index contributed by atoms with van der Waals surface area (Å²) in [7, 11) is 0. The van der Waals surface area contributed by atoms with Crippen molar-refractivity contribution in [1.29, 1.82) is 0 Å². The van der Waals surface area contributed by atoms with E-state index in [2.05, 4.69) is 27.2 Å². The minimum atomic E-state index is 0.795. The smallest absolute Gasteiger partial charge is 0.123 e. The maximum absolute atomic E-state index is 6.38. The summed E-state index contributed by atoms with van der Waals surface area (Å²) in [5, 5.41) is 8.39. The number of anilines is 1. The monoisotopic (exact) mass is 262 g/mol. The number of halogens is 1. The van der Waals surface area contributed by atoms with Crippen molar-refractivity contribution in [3.63, 3.8) is 0 Å². The third kappa shape index (κ3) is 2.20. The summed E-state index contributed by atoms with van der Waals surface area (Å²) in [6.45, 7) is 2.21. The van der Waals surface area contributed by atoms with Crippen molar-refractivity contribution < 1.29 is 0 Å². The highest BCUT2D eigenvalue weighted by Crippen LogP contribution is 2.30. The van der Waals surface area contributed by atoms with Crippen LogP contribution >= 0.6 is 11.6 Å². The third-order valence-corrected chi connectivity index (χ3v) is 3.65. The fraction of sp³-hybridized carbons (Fsp3) is 0.385. The van der Waals surface area contributed by atoms with Gasteiger partial charge in [-0.2, -0.15) is 0 Å². The Labute approximate surface area is 111 Å². The van der Waals surface area contributed by atoms with E-state index in [1.807, 2.05) is 10.6 Å². The highest BCUT2D eigenvalue weighted by atomic mass is 35.5. The molecular weight excluding hydrogens is 248 g/mol. The molecule has 1 aliphatic rings. The molecule has 18 heavy (non-hydrogen) atoms. The van der Waals surface area contributed by atoms with Gasteiger partial charge in [0.25, 0.3) is 0 Å². The van der Waals surface area contributed by atoms with Gasteiger partial charge in [0, 0.05) is 18.8 Å². The molecule has 0 spiro atoms. The highest BCUT2D eigenvalue weighted by Gasteiger charge is 2.14. The van der Waals surface area contributed by atoms with Gasteiger partial charge >= 0.3 is 0 Å². The first-order chi connectivity index (χ1) is 8.84. The predicted octanol–water partition coefficient (Wildman–Crippen LogP) is 2.91. The van der Waals surface area contributed by atoms with Crippen LogP contribution in [0.3, 0.4) is 0 Å². The zero-order valence-corrected chi connectivity index (χ0v) is 10.8. The van der Waals surface area contributed by atoms with Crippen molar-refractivity contribution in [1.82, 2.24) is 14.8 Å². The molecular formula is C13H15ClN4. The van der Waals surface area contributed by atoms with Crippen LogP contribution in [0.5, 0.6) is 0 Å². The van der Waals surface area contributed by atoms with Crippen LogP contribution in [0.4, 0.5) is 5.69 Å². The first kappa shape index (κ1) is 11.5. The number of nitrogens with zero attached hydrogens (tertiary/aromatic N) is 4. The molecule has 0 atom stereocenters. The number of aromatic nitrogens is 3. The summed E-state index contributed by atoms with van der Waals surface area (Å²) in [5.41, 5.74) is 2.12. The first-order valence-electron chi connectivity index (χ1n) is 6.24. The molecule has 0 amide bonds. The van der Waals surface area contributed by atoms with Crippen molar-refractivity contribution in [2.24, 2.45) is 0 Å². The number of benzene rings is 1. The molecule has 0 unspecified atom stereocenters. The minimum Gasteiger partial charge on any atom is -0.370 e. The topological polar surface area (TPSA) is 34.0 Å². The maximum atomic E-state index is 6.38. The molecule has 0 N–H and O–H groups in total. The van der Waals surface area contributed by atoms with Gasteiger partial charge in [-0.15, -0.1) is 10.2 Å². The van der Waals surface area contributed by atoms with Gasteiger partial charge in [-0.25, -0.2) is 0 Å². The Morgan fingerprint density at radius 2 is 1.72 bits per heavy atom. The summed E-state index contributed by atoms with van der Waals surface area (Å²) in [5.74, 6) is 0. The zero-order chi connectivity index (χ0) is 12.4. The van der Waals surface area contributed by atoms with Gasteiger partial charge in [-0.05, 0) is 37.5 Å². The Morgan fingerprint density at radius 3 is 2.39 bits per heavy atom. The predicted molar refractivity (Wildman–Crippen MR) is 72.4 cm³/mol. The van der Waals surface area contributed by atoms with Crippen LogP contribution in [-0.2, 0) is 0 Å². The Balaban J connectivity index is 1.89. The fourth-order valence-corrected chi connectivity index (χ4v) is 2.68. The molecule has 5 heteroatoms. The molecule has 0 bridgehead atoms. The van der Waals surface area contributed by atoms with E-state index in [1.165, 1.54) is 19.3 Å². The van der Waals surface area contributed by atoms with Gasteiger partial charge in [-0.3, -0.25) is 4.57 Å². The molecule has 3 rings (SSSR count). The number of hydrogen-bond donors (Lipinski definition) is 0. The van der Waals surface area contributed by atoms with E-state index in [-0.39, 0.29) is 0 Å². The van der Waals surface area contributed by atoms with E-state index in [0.717, 1.165) is 29.5 Å². The average Bonchev–Trinajstić information content (AvgIpc) is 2.93. The van der Waals surface area contributed by atoms with Crippen molar-refractivity contribution in [2.45, 2.75) is 19.3 Å². The maximum Gasteiger partial charge on any atom is 0.123 e. The Hall–Kier alpha value is -1.55. The van der Waals surface area contributed by atoms with Crippen molar-refractivity contribution in [2.75, 3.05) is 18.0 Å². The lowest BCUT2D eigenvalue weighted by molar-refractivity contribution is 0.578. The van der Waals surface area contributed by atoms with Crippen molar-refractivity contribution in [3.8, 4) is 5.69 Å². The quantitative estimate of drug-likeness (QED) is 0.835. The molecule has 0 aliphatic carbocycles. The number of piperidine rings is 1. The lowest BCUT2D eigenvalue weighted by Crippen LogP contribution is -2.29. The van der Waals surface area contributed by atoms with Gasteiger partial charge in [0.15, 0.2) is 0 Å². The van der Waals surface area contributed by atoms with Crippen LogP contribution < -0.4 is 4.90 Å². The largest absolute Gasteiger partial charge is 0.370 e. The zero-order valence-electron chi connectivity index (χ0n) is 10.1. The molecule has 1 aromatic carbocycles. The fourth-order valence-electron chi connectivity index (χ4n) is 2.38. The second-order valence-corrected chi connectivity index (χ2v) is 4.96. The molecule has 1 fully saturated rings. The third-order valence-electron chi connectivity index (χ3n) is 3.34. The molecule has 0 saturated carbocycles. The van der Waals surface area contributed by atoms with E-state index in [1.54, 1.807) is 12.7 Å². The minimum absolute atomic E-state index is 0.795. The van der Waals surface area contributed by atoms with Gasteiger partial charge in [0.1, 0.15) is 12.7 Å². The molecule has 94 valence electrons. The Morgan fingerprint density at radius 1 is 1.00 bits per heavy atom. The van der Waals surface area contributed by atoms with E-state index in [4.69, 9.17) is 11.6 Å². The van der Waals surface area contributed by atoms with Crippen LogP contribution in [0.2, 0.25) is 5.02 Å². The van der Waals surface area contributed by atoms with Crippen LogP contribution in [0.25, 0.3) is 5.69 Å². The standard InChI is InChI=1S/C13H15ClN4/c14-12-8-11(18-9-15-16-10-18)4-5-13(12)17-6-2-1-3-7-17/h4-5,8-10H,1-3,6-7H2. The van der Waals surface area contributed by atoms with E-state index in [0.29, 0.717) is 0 Å². The summed E-state index contributed by atoms with van der Waals surface area (Å²) < 4.78 is 1.85. The second kappa shape index (κ2) is 4.98. The highest BCUT2D eigenvalue weighted by molar-refractivity contribution is 6.33. The first-order valence-corrected chi connectivity index (χ1v) is 6.62. The summed E-state index contributed by atoms with van der Waals surface area (Å²) >= 11 is 6.38. The Bertz CT molecular complexity index is 518. The molecule has 2 aromatic rings. The van der Waals surface area contributed by atoms with Gasteiger partial charge in [-0.1, -0.05) is 11.6 Å². The SMILES string of the molecule is Clc1cc(-n2cnnc2)ccc1N1CCCCC1. The molecule has 1 aliphatic heterocycles. The number of hydrogen-bond acceptors (Lipinski definition) is 3. The molecule has 4 nitrogen and oxygen atoms in total. The molecule has 1 saturated heterocycles. The van der Waals surface area contributed by atoms with E-state index < -0.39 is 0 Å². The van der Waals surface area contributed by atoms with Gasteiger partial charge in [0.05, 0.1) is 10.7 Å². The van der Waals surface area contributed by atoms with Crippen LogP contribution in [0.1, 0.15) is 19.3 Å². The summed E-state index contributed by atoms with van der Waals surface area (Å²) in [6.07, 6.45) is 7.18. The van der Waals surface area contributed by atoms with Crippen LogP contribution in [0, 0.1) is 0 Å². The molecule has 2 heterocycles. The van der Waals surface area contributed by atoms with Gasteiger partial charge < -0.3 is 4.90 Å². The Kier molecular flexibility index (Phi) is 3.19. The summed E-state index contributed by atoms with van der Waals surface area (Å²) in [4.78, 5) is 2.36. The lowest BCUT2D eigenvalue weighted by atomic mass is 10.1. The van der Waals surface area contributed by atoms with Crippen molar-refractivity contribution >= 4 is 17.3 Å².